The van der Waals surface area contributed by atoms with Gasteiger partial charge < -0.3 is 19.5 Å². The summed E-state index contributed by atoms with van der Waals surface area (Å²) in [5, 5.41) is 2.65. The second kappa shape index (κ2) is 11.2. The van der Waals surface area contributed by atoms with Gasteiger partial charge in [0.15, 0.2) is 0 Å². The van der Waals surface area contributed by atoms with Crippen molar-refractivity contribution < 1.29 is 23.8 Å². The van der Waals surface area contributed by atoms with Crippen molar-refractivity contribution >= 4 is 12.1 Å². The Morgan fingerprint density at radius 3 is 2.50 bits per heavy atom. The van der Waals surface area contributed by atoms with E-state index in [1.54, 1.807) is 27.9 Å². The summed E-state index contributed by atoms with van der Waals surface area (Å²) in [6.45, 7) is 5.48. The van der Waals surface area contributed by atoms with E-state index in [0.717, 1.165) is 23.3 Å². The largest absolute Gasteiger partial charge is 0.497 e. The summed E-state index contributed by atoms with van der Waals surface area (Å²) in [5.74, 6) is 0.352. The highest BCUT2D eigenvalue weighted by Crippen LogP contribution is 2.17. The zero-order chi connectivity index (χ0) is 22.0. The summed E-state index contributed by atoms with van der Waals surface area (Å²) in [6.07, 6.45) is 9.08. The minimum atomic E-state index is -0.793. The topological polar surface area (TPSA) is 73.9 Å². The molecule has 0 radical (unpaired) electrons. The quantitative estimate of drug-likeness (QED) is 0.619. The minimum Gasteiger partial charge on any atom is -0.497 e. The highest BCUT2D eigenvalue weighted by Gasteiger charge is 2.25. The van der Waals surface area contributed by atoms with Crippen molar-refractivity contribution in [1.82, 2.24) is 5.32 Å². The van der Waals surface area contributed by atoms with Gasteiger partial charge in [0.1, 0.15) is 24.0 Å². The standard InChI is InChI=1S/C24H31NO5/c1-24(2,3)30-23(27)25-21(22(26)29-17-19-9-6-5-7-10-19)12-8-11-18-13-15-20(28-4)16-14-18/h5-7,9-11,13,15-16,21H,8,12,14,17H2,1-4H3,(H,25,27)/b18-11-. The fraction of sp³-hybridized carbons (Fsp3) is 0.417. The number of esters is 1. The molecule has 1 unspecified atom stereocenters. The van der Waals surface area contributed by atoms with Crippen LogP contribution in [0.3, 0.4) is 0 Å². The summed E-state index contributed by atoms with van der Waals surface area (Å²) in [6, 6.07) is 8.63. The molecule has 2 rings (SSSR count). The van der Waals surface area contributed by atoms with Crippen LogP contribution in [-0.4, -0.2) is 30.8 Å². The van der Waals surface area contributed by atoms with Crippen LogP contribution in [0, 0.1) is 0 Å². The molecule has 1 atom stereocenters. The van der Waals surface area contributed by atoms with E-state index in [9.17, 15) is 9.59 Å². The molecule has 0 bridgehead atoms. The fourth-order valence-electron chi connectivity index (χ4n) is 2.81. The molecular weight excluding hydrogens is 382 g/mol. The number of ether oxygens (including phenoxy) is 3. The second-order valence-corrected chi connectivity index (χ2v) is 8.00. The second-order valence-electron chi connectivity index (χ2n) is 8.00. The first-order chi connectivity index (χ1) is 14.3. The number of hydrogen-bond donors (Lipinski definition) is 1. The molecule has 0 aromatic heterocycles. The average Bonchev–Trinajstić information content (AvgIpc) is 2.71. The highest BCUT2D eigenvalue weighted by molar-refractivity contribution is 5.81. The van der Waals surface area contributed by atoms with Gasteiger partial charge in [-0.2, -0.15) is 0 Å². The third-order valence-electron chi connectivity index (χ3n) is 4.30. The lowest BCUT2D eigenvalue weighted by molar-refractivity contribution is -0.147. The predicted octanol–water partition coefficient (Wildman–Crippen LogP) is 4.82. The molecular formula is C24H31NO5. The van der Waals surface area contributed by atoms with Gasteiger partial charge in [-0.3, -0.25) is 0 Å². The van der Waals surface area contributed by atoms with Crippen LogP contribution in [0.1, 0.15) is 45.6 Å². The first-order valence-corrected chi connectivity index (χ1v) is 10.1. The molecule has 1 aliphatic carbocycles. The molecule has 1 amide bonds. The molecule has 1 N–H and O–H groups in total. The van der Waals surface area contributed by atoms with Crippen molar-refractivity contribution in [2.75, 3.05) is 7.11 Å². The maximum Gasteiger partial charge on any atom is 0.408 e. The van der Waals surface area contributed by atoms with Crippen LogP contribution < -0.4 is 5.32 Å². The summed E-state index contributed by atoms with van der Waals surface area (Å²) in [4.78, 5) is 24.8. The van der Waals surface area contributed by atoms with Crippen molar-refractivity contribution in [2.24, 2.45) is 0 Å². The first-order valence-electron chi connectivity index (χ1n) is 10.1. The number of amides is 1. The third kappa shape index (κ3) is 8.55. The Balaban J connectivity index is 1.96. The maximum absolute atomic E-state index is 12.6. The Kier molecular flexibility index (Phi) is 8.71. The Labute approximate surface area is 178 Å². The lowest BCUT2D eigenvalue weighted by Gasteiger charge is -2.23. The molecule has 30 heavy (non-hydrogen) atoms. The number of alkyl carbamates (subject to hydrolysis) is 1. The number of carbonyl (C=O) groups excluding carboxylic acids is 2. The molecule has 0 heterocycles. The number of carbonyl (C=O) groups is 2. The van der Waals surface area contributed by atoms with Crippen LogP contribution in [0.4, 0.5) is 4.79 Å². The van der Waals surface area contributed by atoms with Crippen molar-refractivity contribution in [3.05, 3.63) is 71.5 Å². The monoisotopic (exact) mass is 413 g/mol. The van der Waals surface area contributed by atoms with Gasteiger partial charge in [0.2, 0.25) is 0 Å². The SMILES string of the molecule is COC1=CC/C(=C\CCC(NC(=O)OC(C)(C)C)C(=O)OCc2ccccc2)C=C1. The summed E-state index contributed by atoms with van der Waals surface area (Å²) < 4.78 is 15.9. The van der Waals surface area contributed by atoms with Gasteiger partial charge in [-0.1, -0.05) is 42.5 Å². The predicted molar refractivity (Wildman–Crippen MR) is 116 cm³/mol. The van der Waals surface area contributed by atoms with Gasteiger partial charge in [-0.25, -0.2) is 9.59 Å². The zero-order valence-corrected chi connectivity index (χ0v) is 18.1. The molecule has 0 saturated carbocycles. The zero-order valence-electron chi connectivity index (χ0n) is 18.1. The van der Waals surface area contributed by atoms with Gasteiger partial charge in [0.25, 0.3) is 0 Å². The Morgan fingerprint density at radius 1 is 1.17 bits per heavy atom. The molecule has 6 nitrogen and oxygen atoms in total. The van der Waals surface area contributed by atoms with Crippen LogP contribution in [0.25, 0.3) is 0 Å². The van der Waals surface area contributed by atoms with Crippen molar-refractivity contribution in [3.8, 4) is 0 Å². The summed E-state index contributed by atoms with van der Waals surface area (Å²) >= 11 is 0. The first kappa shape index (κ1) is 23.3. The number of rotatable bonds is 8. The lowest BCUT2D eigenvalue weighted by Crippen LogP contribution is -2.44. The Bertz CT molecular complexity index is 803. The molecule has 0 fully saturated rings. The van der Waals surface area contributed by atoms with E-state index in [0.29, 0.717) is 12.8 Å². The molecule has 0 aliphatic heterocycles. The van der Waals surface area contributed by atoms with Crippen LogP contribution in [0.15, 0.2) is 66.0 Å². The smallest absolute Gasteiger partial charge is 0.408 e. The molecule has 0 spiro atoms. The van der Waals surface area contributed by atoms with E-state index in [1.807, 2.05) is 54.6 Å². The van der Waals surface area contributed by atoms with Crippen LogP contribution in [0.2, 0.25) is 0 Å². The molecule has 1 aromatic carbocycles. The van der Waals surface area contributed by atoms with Crippen LogP contribution >= 0.6 is 0 Å². The van der Waals surface area contributed by atoms with Crippen molar-refractivity contribution in [3.63, 3.8) is 0 Å². The average molecular weight is 414 g/mol. The number of benzene rings is 1. The molecule has 0 saturated heterocycles. The van der Waals surface area contributed by atoms with E-state index >= 15 is 0 Å². The van der Waals surface area contributed by atoms with Gasteiger partial charge in [-0.05, 0) is 63.3 Å². The van der Waals surface area contributed by atoms with E-state index in [2.05, 4.69) is 5.32 Å². The number of allylic oxidation sites excluding steroid dienone is 5. The normalized spacial score (nSPS) is 15.9. The van der Waals surface area contributed by atoms with E-state index < -0.39 is 23.7 Å². The van der Waals surface area contributed by atoms with Gasteiger partial charge in [0, 0.05) is 0 Å². The lowest BCUT2D eigenvalue weighted by atomic mass is 10.0. The fourth-order valence-corrected chi connectivity index (χ4v) is 2.81. The Morgan fingerprint density at radius 2 is 1.90 bits per heavy atom. The van der Waals surface area contributed by atoms with E-state index in [1.165, 1.54) is 0 Å². The number of methoxy groups -OCH3 is 1. The molecule has 1 aromatic rings. The van der Waals surface area contributed by atoms with Crippen LogP contribution in [0.5, 0.6) is 0 Å². The third-order valence-corrected chi connectivity index (χ3v) is 4.30. The molecule has 6 heteroatoms. The van der Waals surface area contributed by atoms with Crippen LogP contribution in [-0.2, 0) is 25.6 Å². The van der Waals surface area contributed by atoms with Crippen molar-refractivity contribution in [2.45, 2.75) is 58.3 Å². The minimum absolute atomic E-state index is 0.153. The van der Waals surface area contributed by atoms with Crippen molar-refractivity contribution in [1.29, 1.82) is 0 Å². The maximum atomic E-state index is 12.6. The van der Waals surface area contributed by atoms with Gasteiger partial charge in [-0.15, -0.1) is 0 Å². The van der Waals surface area contributed by atoms with E-state index in [-0.39, 0.29) is 6.61 Å². The summed E-state index contributed by atoms with van der Waals surface area (Å²) in [5.41, 5.74) is 1.37. The van der Waals surface area contributed by atoms with E-state index in [4.69, 9.17) is 14.2 Å². The molecule has 1 aliphatic rings. The number of hydrogen-bond acceptors (Lipinski definition) is 5. The number of nitrogens with one attached hydrogen (secondary N) is 1. The molecule has 162 valence electrons. The summed E-state index contributed by atoms with van der Waals surface area (Å²) in [7, 11) is 1.64. The van der Waals surface area contributed by atoms with Gasteiger partial charge >= 0.3 is 12.1 Å². The highest BCUT2D eigenvalue weighted by atomic mass is 16.6. The van der Waals surface area contributed by atoms with Gasteiger partial charge in [0.05, 0.1) is 7.11 Å². The Hall–Kier alpha value is -3.02.